The van der Waals surface area contributed by atoms with Crippen LogP contribution in [0.5, 0.6) is 0 Å². The van der Waals surface area contributed by atoms with E-state index in [-0.39, 0.29) is 0 Å². The summed E-state index contributed by atoms with van der Waals surface area (Å²) in [5.74, 6) is 1.47. The Morgan fingerprint density at radius 3 is 2.62 bits per heavy atom. The van der Waals surface area contributed by atoms with Crippen LogP contribution in [0.4, 0.5) is 17.5 Å². The van der Waals surface area contributed by atoms with E-state index >= 15 is 0 Å². The molecule has 0 atom stereocenters. The first-order chi connectivity index (χ1) is 11.6. The van der Waals surface area contributed by atoms with Gasteiger partial charge in [-0.05, 0) is 42.3 Å². The average molecular weight is 383 g/mol. The minimum absolute atomic E-state index is 0.592. The maximum absolute atomic E-state index is 4.61. The summed E-state index contributed by atoms with van der Waals surface area (Å²) in [4.78, 5) is 11.0. The second-order valence-electron chi connectivity index (χ2n) is 5.67. The van der Waals surface area contributed by atoms with E-state index in [1.807, 2.05) is 43.4 Å². The van der Waals surface area contributed by atoms with Gasteiger partial charge in [-0.15, -0.1) is 0 Å². The fourth-order valence-corrected chi connectivity index (χ4v) is 2.66. The second kappa shape index (κ2) is 7.45. The van der Waals surface area contributed by atoms with Crippen molar-refractivity contribution in [3.8, 4) is 0 Å². The summed E-state index contributed by atoms with van der Waals surface area (Å²) in [5, 5.41) is 3.26. The minimum Gasteiger partial charge on any atom is -0.355 e. The van der Waals surface area contributed by atoms with Crippen molar-refractivity contribution in [3.63, 3.8) is 0 Å². The van der Waals surface area contributed by atoms with Crippen molar-refractivity contribution in [2.24, 2.45) is 0 Å². The molecule has 122 valence electrons. The van der Waals surface area contributed by atoms with Gasteiger partial charge >= 0.3 is 0 Å². The smallest absolute Gasteiger partial charge is 0.229 e. The van der Waals surface area contributed by atoms with E-state index in [9.17, 15) is 0 Å². The van der Waals surface area contributed by atoms with Crippen molar-refractivity contribution in [2.45, 2.75) is 13.5 Å². The van der Waals surface area contributed by atoms with Crippen molar-refractivity contribution >= 4 is 33.4 Å². The Kier molecular flexibility index (Phi) is 5.11. The molecule has 2 aromatic carbocycles. The molecule has 1 heterocycles. The maximum Gasteiger partial charge on any atom is 0.229 e. The Bertz CT molecular complexity index is 821. The number of nitrogens with one attached hydrogen (secondary N) is 1. The number of nitrogens with zero attached hydrogens (tertiary/aromatic N) is 3. The van der Waals surface area contributed by atoms with Crippen molar-refractivity contribution in [2.75, 3.05) is 17.3 Å². The van der Waals surface area contributed by atoms with Crippen LogP contribution in [-0.4, -0.2) is 17.0 Å². The molecule has 0 saturated carbocycles. The lowest BCUT2D eigenvalue weighted by Gasteiger charge is -2.18. The topological polar surface area (TPSA) is 41.1 Å². The molecular weight excluding hydrogens is 364 g/mol. The summed E-state index contributed by atoms with van der Waals surface area (Å²) < 4.78 is 1.09. The van der Waals surface area contributed by atoms with Crippen LogP contribution in [0.3, 0.4) is 0 Å². The van der Waals surface area contributed by atoms with Gasteiger partial charge in [-0.25, -0.2) is 4.98 Å². The molecule has 3 aromatic rings. The van der Waals surface area contributed by atoms with E-state index in [1.165, 1.54) is 5.56 Å². The standard InChI is InChI=1S/C19H19BrN4/c1-14-12-16(8-9-17(14)20)22-19-21-11-10-18(23-19)24(2)13-15-6-4-3-5-7-15/h3-12H,13H2,1-2H3,(H,21,22,23). The van der Waals surface area contributed by atoms with Crippen LogP contribution in [0.25, 0.3) is 0 Å². The Morgan fingerprint density at radius 2 is 1.88 bits per heavy atom. The monoisotopic (exact) mass is 382 g/mol. The highest BCUT2D eigenvalue weighted by Gasteiger charge is 2.06. The predicted molar refractivity (Wildman–Crippen MR) is 103 cm³/mol. The molecule has 0 bridgehead atoms. The number of aromatic nitrogens is 2. The Morgan fingerprint density at radius 1 is 1.08 bits per heavy atom. The van der Waals surface area contributed by atoms with Crippen molar-refractivity contribution < 1.29 is 0 Å². The quantitative estimate of drug-likeness (QED) is 0.679. The van der Waals surface area contributed by atoms with E-state index in [0.717, 1.165) is 28.1 Å². The van der Waals surface area contributed by atoms with Gasteiger partial charge in [-0.1, -0.05) is 46.3 Å². The number of rotatable bonds is 5. The lowest BCUT2D eigenvalue weighted by Crippen LogP contribution is -2.18. The van der Waals surface area contributed by atoms with E-state index in [2.05, 4.69) is 61.2 Å². The molecule has 0 aliphatic carbocycles. The molecule has 5 heteroatoms. The Balaban J connectivity index is 1.74. The minimum atomic E-state index is 0.592. The zero-order valence-electron chi connectivity index (χ0n) is 13.7. The van der Waals surface area contributed by atoms with Crippen molar-refractivity contribution in [3.05, 3.63) is 76.4 Å². The van der Waals surface area contributed by atoms with E-state index < -0.39 is 0 Å². The molecule has 0 radical (unpaired) electrons. The highest BCUT2D eigenvalue weighted by atomic mass is 79.9. The van der Waals surface area contributed by atoms with Gasteiger partial charge in [0.05, 0.1) is 0 Å². The van der Waals surface area contributed by atoms with Crippen LogP contribution in [0, 0.1) is 6.92 Å². The van der Waals surface area contributed by atoms with Gasteiger partial charge in [0, 0.05) is 29.9 Å². The van der Waals surface area contributed by atoms with Gasteiger partial charge in [0.1, 0.15) is 5.82 Å². The molecule has 0 aliphatic rings. The molecule has 0 spiro atoms. The zero-order chi connectivity index (χ0) is 16.9. The number of aryl methyl sites for hydroxylation is 1. The molecule has 0 amide bonds. The SMILES string of the molecule is Cc1cc(Nc2nccc(N(C)Cc3ccccc3)n2)ccc1Br. The largest absolute Gasteiger partial charge is 0.355 e. The molecule has 1 aromatic heterocycles. The third-order valence-corrected chi connectivity index (χ3v) is 4.60. The number of benzene rings is 2. The van der Waals surface area contributed by atoms with Crippen molar-refractivity contribution in [1.82, 2.24) is 9.97 Å². The van der Waals surface area contributed by atoms with Gasteiger partial charge in [-0.3, -0.25) is 0 Å². The third kappa shape index (κ3) is 4.11. The van der Waals surface area contributed by atoms with Crippen LogP contribution in [0.2, 0.25) is 0 Å². The Labute approximate surface area is 150 Å². The first kappa shape index (κ1) is 16.5. The Hall–Kier alpha value is -2.40. The maximum atomic E-state index is 4.61. The lowest BCUT2D eigenvalue weighted by molar-refractivity contribution is 0.893. The second-order valence-corrected chi connectivity index (χ2v) is 6.52. The van der Waals surface area contributed by atoms with Crippen LogP contribution in [0.15, 0.2) is 65.3 Å². The zero-order valence-corrected chi connectivity index (χ0v) is 15.3. The van der Waals surface area contributed by atoms with Gasteiger partial charge < -0.3 is 10.2 Å². The highest BCUT2D eigenvalue weighted by molar-refractivity contribution is 9.10. The lowest BCUT2D eigenvalue weighted by atomic mass is 10.2. The van der Waals surface area contributed by atoms with Gasteiger partial charge in [-0.2, -0.15) is 4.98 Å². The normalized spacial score (nSPS) is 10.5. The first-order valence-electron chi connectivity index (χ1n) is 7.73. The fourth-order valence-electron chi connectivity index (χ4n) is 2.41. The molecule has 24 heavy (non-hydrogen) atoms. The molecule has 0 aliphatic heterocycles. The molecule has 3 rings (SSSR count). The molecule has 1 N–H and O–H groups in total. The first-order valence-corrected chi connectivity index (χ1v) is 8.52. The van der Waals surface area contributed by atoms with E-state index in [0.29, 0.717) is 5.95 Å². The number of halogens is 1. The van der Waals surface area contributed by atoms with E-state index in [1.54, 1.807) is 6.20 Å². The summed E-state index contributed by atoms with van der Waals surface area (Å²) >= 11 is 3.51. The summed E-state index contributed by atoms with van der Waals surface area (Å²) in [6.07, 6.45) is 1.78. The van der Waals surface area contributed by atoms with Crippen LogP contribution >= 0.6 is 15.9 Å². The third-order valence-electron chi connectivity index (χ3n) is 3.71. The number of hydrogen-bond acceptors (Lipinski definition) is 4. The van der Waals surface area contributed by atoms with Crippen LogP contribution in [-0.2, 0) is 6.54 Å². The molecule has 4 nitrogen and oxygen atoms in total. The van der Waals surface area contributed by atoms with Crippen LogP contribution < -0.4 is 10.2 Å². The summed E-state index contributed by atoms with van der Waals surface area (Å²) in [5.41, 5.74) is 3.38. The van der Waals surface area contributed by atoms with Gasteiger partial charge in [0.2, 0.25) is 5.95 Å². The highest BCUT2D eigenvalue weighted by Crippen LogP contribution is 2.22. The number of hydrogen-bond donors (Lipinski definition) is 1. The van der Waals surface area contributed by atoms with Gasteiger partial charge in [0.15, 0.2) is 0 Å². The van der Waals surface area contributed by atoms with E-state index in [4.69, 9.17) is 0 Å². The predicted octanol–water partition coefficient (Wildman–Crippen LogP) is 4.93. The van der Waals surface area contributed by atoms with Crippen LogP contribution in [0.1, 0.15) is 11.1 Å². The fraction of sp³-hybridized carbons (Fsp3) is 0.158. The molecule has 0 unspecified atom stereocenters. The van der Waals surface area contributed by atoms with Gasteiger partial charge in [0.25, 0.3) is 0 Å². The number of anilines is 3. The summed E-state index contributed by atoms with van der Waals surface area (Å²) in [7, 11) is 2.03. The summed E-state index contributed by atoms with van der Waals surface area (Å²) in [6, 6.07) is 18.3. The molecule has 0 saturated heterocycles. The summed E-state index contributed by atoms with van der Waals surface area (Å²) in [6.45, 7) is 2.86. The molecule has 0 fully saturated rings. The van der Waals surface area contributed by atoms with Crippen molar-refractivity contribution in [1.29, 1.82) is 0 Å². The average Bonchev–Trinajstić information content (AvgIpc) is 2.59. The molecular formula is C19H19BrN4.